The largest absolute Gasteiger partial charge is 0.433 e. The van der Waals surface area contributed by atoms with Crippen LogP contribution in [0, 0.1) is 17.1 Å². The molecule has 4 nitrogen and oxygen atoms in total. The lowest BCUT2D eigenvalue weighted by molar-refractivity contribution is -0.141. The molecule has 1 aromatic heterocycles. The van der Waals surface area contributed by atoms with E-state index in [1.807, 2.05) is 19.0 Å². The van der Waals surface area contributed by atoms with Crippen molar-refractivity contribution < 1.29 is 17.6 Å². The van der Waals surface area contributed by atoms with Gasteiger partial charge in [0.2, 0.25) is 0 Å². The predicted octanol–water partition coefficient (Wildman–Crippen LogP) is 3.78. The van der Waals surface area contributed by atoms with Crippen LogP contribution in [-0.2, 0) is 19.3 Å². The maximum Gasteiger partial charge on any atom is 0.433 e. The Bertz CT molecular complexity index is 794. The monoisotopic (exact) mass is 352 g/mol. The molecule has 0 unspecified atom stereocenters. The highest BCUT2D eigenvalue weighted by molar-refractivity contribution is 5.52. The minimum Gasteiger partial charge on any atom is -0.365 e. The molecule has 0 aliphatic rings. The van der Waals surface area contributed by atoms with Crippen molar-refractivity contribution in [1.29, 1.82) is 5.26 Å². The standard InChI is InChI=1S/C17H16F4N4/c1-25(2)10-13-4-3-11(7-14(13)18)9-23-16-12(8-22)5-6-15(24-16)17(19,20)21/h3-7H,9-10H2,1-2H3,(H,23,24). The summed E-state index contributed by atoms with van der Waals surface area (Å²) >= 11 is 0. The number of nitrogens with zero attached hydrogens (tertiary/aromatic N) is 3. The van der Waals surface area contributed by atoms with Crippen molar-refractivity contribution in [3.05, 3.63) is 58.5 Å². The third-order valence-corrected chi connectivity index (χ3v) is 3.37. The zero-order valence-electron chi connectivity index (χ0n) is 13.7. The first-order chi connectivity index (χ1) is 11.7. The molecule has 1 N–H and O–H groups in total. The van der Waals surface area contributed by atoms with Crippen LogP contribution in [0.25, 0.3) is 0 Å². The van der Waals surface area contributed by atoms with Crippen LogP contribution in [0.1, 0.15) is 22.4 Å². The van der Waals surface area contributed by atoms with Crippen molar-refractivity contribution in [2.75, 3.05) is 19.4 Å². The lowest BCUT2D eigenvalue weighted by Crippen LogP contribution is -2.13. The average molecular weight is 352 g/mol. The lowest BCUT2D eigenvalue weighted by atomic mass is 10.1. The number of nitriles is 1. The highest BCUT2D eigenvalue weighted by Gasteiger charge is 2.33. The third-order valence-electron chi connectivity index (χ3n) is 3.37. The normalized spacial score (nSPS) is 11.4. The molecule has 2 aromatic rings. The number of hydrogen-bond donors (Lipinski definition) is 1. The number of nitrogens with one attached hydrogen (secondary N) is 1. The molecule has 0 aliphatic heterocycles. The van der Waals surface area contributed by atoms with Crippen molar-refractivity contribution in [3.8, 4) is 6.07 Å². The summed E-state index contributed by atoms with van der Waals surface area (Å²) in [5.41, 5.74) is -0.0639. The Labute approximate surface area is 142 Å². The van der Waals surface area contributed by atoms with E-state index >= 15 is 0 Å². The van der Waals surface area contributed by atoms with Gasteiger partial charge in [0.25, 0.3) is 0 Å². The fourth-order valence-electron chi connectivity index (χ4n) is 2.20. The van der Waals surface area contributed by atoms with E-state index in [1.165, 1.54) is 6.07 Å². The fourth-order valence-corrected chi connectivity index (χ4v) is 2.20. The summed E-state index contributed by atoms with van der Waals surface area (Å²) in [4.78, 5) is 5.27. The highest BCUT2D eigenvalue weighted by Crippen LogP contribution is 2.29. The average Bonchev–Trinajstić information content (AvgIpc) is 2.53. The number of halogens is 4. The number of anilines is 1. The first kappa shape index (κ1) is 18.7. The van der Waals surface area contributed by atoms with E-state index in [4.69, 9.17) is 5.26 Å². The maximum absolute atomic E-state index is 14.0. The van der Waals surface area contributed by atoms with Crippen LogP contribution >= 0.6 is 0 Å². The Kier molecular flexibility index (Phi) is 5.59. The lowest BCUT2D eigenvalue weighted by Gasteiger charge is -2.13. The number of alkyl halides is 3. The van der Waals surface area contributed by atoms with Crippen molar-refractivity contribution >= 4 is 5.82 Å². The summed E-state index contributed by atoms with van der Waals surface area (Å²) in [5, 5.41) is 11.7. The molecule has 0 amide bonds. The quantitative estimate of drug-likeness (QED) is 0.832. The van der Waals surface area contributed by atoms with E-state index in [0.717, 1.165) is 12.1 Å². The van der Waals surface area contributed by atoms with Gasteiger partial charge in [-0.1, -0.05) is 12.1 Å². The molecule has 0 saturated carbocycles. The number of benzene rings is 1. The summed E-state index contributed by atoms with van der Waals surface area (Å²) < 4.78 is 52.3. The summed E-state index contributed by atoms with van der Waals surface area (Å²) in [5.74, 6) is -0.583. The molecule has 132 valence electrons. The Balaban J connectivity index is 2.18. The van der Waals surface area contributed by atoms with Gasteiger partial charge in [-0.2, -0.15) is 18.4 Å². The van der Waals surface area contributed by atoms with E-state index < -0.39 is 17.7 Å². The topological polar surface area (TPSA) is 52.0 Å². The number of pyridine rings is 1. The van der Waals surface area contributed by atoms with Crippen LogP contribution in [0.5, 0.6) is 0 Å². The van der Waals surface area contributed by atoms with Gasteiger partial charge >= 0.3 is 6.18 Å². The van der Waals surface area contributed by atoms with Crippen LogP contribution in [0.3, 0.4) is 0 Å². The molecule has 25 heavy (non-hydrogen) atoms. The van der Waals surface area contributed by atoms with Gasteiger partial charge in [-0.25, -0.2) is 9.37 Å². The third kappa shape index (κ3) is 4.90. The zero-order chi connectivity index (χ0) is 18.6. The van der Waals surface area contributed by atoms with Crippen molar-refractivity contribution in [3.63, 3.8) is 0 Å². The molecule has 0 atom stereocenters. The van der Waals surface area contributed by atoms with Crippen LogP contribution in [0.15, 0.2) is 30.3 Å². The Morgan fingerprint density at radius 2 is 1.92 bits per heavy atom. The number of aromatic nitrogens is 1. The minimum absolute atomic E-state index is 0.0160. The molecular weight excluding hydrogens is 336 g/mol. The molecule has 0 saturated heterocycles. The first-order valence-electron chi connectivity index (χ1n) is 7.35. The van der Waals surface area contributed by atoms with E-state index in [1.54, 1.807) is 18.2 Å². The van der Waals surface area contributed by atoms with Gasteiger partial charge < -0.3 is 10.2 Å². The Morgan fingerprint density at radius 1 is 1.20 bits per heavy atom. The predicted molar refractivity (Wildman–Crippen MR) is 85.1 cm³/mol. The van der Waals surface area contributed by atoms with E-state index in [2.05, 4.69) is 10.3 Å². The van der Waals surface area contributed by atoms with Gasteiger partial charge in [0, 0.05) is 18.7 Å². The van der Waals surface area contributed by atoms with Crippen molar-refractivity contribution in [2.24, 2.45) is 0 Å². The van der Waals surface area contributed by atoms with Crippen molar-refractivity contribution in [2.45, 2.75) is 19.3 Å². The molecule has 0 aliphatic carbocycles. The number of hydrogen-bond acceptors (Lipinski definition) is 4. The van der Waals surface area contributed by atoms with E-state index in [9.17, 15) is 17.6 Å². The first-order valence-corrected chi connectivity index (χ1v) is 7.35. The van der Waals surface area contributed by atoms with Gasteiger partial charge in [0.15, 0.2) is 0 Å². The van der Waals surface area contributed by atoms with Crippen LogP contribution in [-0.4, -0.2) is 24.0 Å². The summed E-state index contributed by atoms with van der Waals surface area (Å²) in [6, 6.07) is 8.19. The SMILES string of the molecule is CN(C)Cc1ccc(CNc2nc(C(F)(F)F)ccc2C#N)cc1F. The summed E-state index contributed by atoms with van der Waals surface area (Å²) in [6.07, 6.45) is -4.61. The van der Waals surface area contributed by atoms with Crippen LogP contribution in [0.2, 0.25) is 0 Å². The van der Waals surface area contributed by atoms with Gasteiger partial charge in [-0.05, 0) is 37.9 Å². The second-order valence-electron chi connectivity index (χ2n) is 5.72. The van der Waals surface area contributed by atoms with Gasteiger partial charge in [0.1, 0.15) is 23.4 Å². The summed E-state index contributed by atoms with van der Waals surface area (Å²) in [6.45, 7) is 0.482. The maximum atomic E-state index is 14.0. The molecular formula is C17H16F4N4. The molecule has 0 spiro atoms. The highest BCUT2D eigenvalue weighted by atomic mass is 19.4. The molecule has 0 fully saturated rings. The molecule has 2 rings (SSSR count). The zero-order valence-corrected chi connectivity index (χ0v) is 13.7. The van der Waals surface area contributed by atoms with Gasteiger partial charge in [-0.3, -0.25) is 0 Å². The van der Waals surface area contributed by atoms with Gasteiger partial charge in [0.05, 0.1) is 5.56 Å². The number of rotatable bonds is 5. The molecule has 1 heterocycles. The van der Waals surface area contributed by atoms with E-state index in [0.29, 0.717) is 17.7 Å². The smallest absolute Gasteiger partial charge is 0.365 e. The Hall–Kier alpha value is -2.66. The van der Waals surface area contributed by atoms with Gasteiger partial charge in [-0.15, -0.1) is 0 Å². The molecule has 0 bridgehead atoms. The molecule has 8 heteroatoms. The van der Waals surface area contributed by atoms with Crippen LogP contribution < -0.4 is 5.32 Å². The molecule has 1 aromatic carbocycles. The molecule has 0 radical (unpaired) electrons. The van der Waals surface area contributed by atoms with E-state index in [-0.39, 0.29) is 17.9 Å². The second kappa shape index (κ2) is 7.49. The Morgan fingerprint density at radius 3 is 2.48 bits per heavy atom. The minimum atomic E-state index is -4.61. The van der Waals surface area contributed by atoms with Crippen LogP contribution in [0.4, 0.5) is 23.4 Å². The fraction of sp³-hybridized carbons (Fsp3) is 0.294. The van der Waals surface area contributed by atoms with Crippen molar-refractivity contribution in [1.82, 2.24) is 9.88 Å². The summed E-state index contributed by atoms with van der Waals surface area (Å²) in [7, 11) is 3.63. The second-order valence-corrected chi connectivity index (χ2v) is 5.72.